The second-order valence-electron chi connectivity index (χ2n) is 6.83. The Morgan fingerprint density at radius 2 is 2.00 bits per heavy atom. The average molecular weight is 364 g/mol. The maximum Gasteiger partial charge on any atom is 0.238 e. The number of hydrogen-bond acceptors (Lipinski definition) is 3. The first-order valence-corrected chi connectivity index (χ1v) is 9.39. The molecule has 1 saturated carbocycles. The van der Waals surface area contributed by atoms with Gasteiger partial charge in [0, 0.05) is 12.5 Å². The van der Waals surface area contributed by atoms with Gasteiger partial charge in [0.25, 0.3) is 0 Å². The predicted octanol–water partition coefficient (Wildman–Crippen LogP) is 2.95. The quantitative estimate of drug-likeness (QED) is 0.555. The monoisotopic (exact) mass is 363 g/mol. The van der Waals surface area contributed by atoms with Crippen LogP contribution in [0, 0.1) is 11.8 Å². The lowest BCUT2D eigenvalue weighted by molar-refractivity contribution is -0.121. The van der Waals surface area contributed by atoms with Crippen LogP contribution in [0.15, 0.2) is 24.3 Å². The molecule has 1 fully saturated rings. The summed E-state index contributed by atoms with van der Waals surface area (Å²) in [6, 6.07) is 8.10. The van der Waals surface area contributed by atoms with Crippen molar-refractivity contribution in [3.63, 3.8) is 0 Å². The number of hydrazine groups is 1. The van der Waals surface area contributed by atoms with Gasteiger partial charge in [0.2, 0.25) is 5.91 Å². The molecule has 25 heavy (non-hydrogen) atoms. The molecule has 5 nitrogen and oxygen atoms in total. The van der Waals surface area contributed by atoms with Gasteiger partial charge in [0.1, 0.15) is 5.75 Å². The van der Waals surface area contributed by atoms with Gasteiger partial charge < -0.3 is 10.1 Å². The molecule has 0 bridgehead atoms. The summed E-state index contributed by atoms with van der Waals surface area (Å²) < 4.78 is 5.30. The van der Waals surface area contributed by atoms with E-state index in [0.29, 0.717) is 35.8 Å². The topological polar surface area (TPSA) is 62.4 Å². The fourth-order valence-corrected chi connectivity index (χ4v) is 3.54. The molecule has 0 aromatic heterocycles. The molecule has 1 aliphatic carbocycles. The molecule has 0 unspecified atom stereocenters. The first-order valence-electron chi connectivity index (χ1n) is 8.98. The standard InChI is InChI=1S/C19H29N3O2S/c1-13-7-6-9-16(14(13)2)20-19(25)22-21-18(23)12-11-15-8-4-5-10-17(15)24-3/h4-5,8,10,13-14,16H,6-7,9,11-12H2,1-3H3,(H,21,23)(H2,20,22,25)/t13-,14+,16+/m0/s1. The molecule has 1 aliphatic rings. The number of hydrogen-bond donors (Lipinski definition) is 3. The molecule has 0 saturated heterocycles. The van der Waals surface area contributed by atoms with Crippen LogP contribution >= 0.6 is 12.2 Å². The zero-order chi connectivity index (χ0) is 18.2. The molecule has 1 amide bonds. The summed E-state index contributed by atoms with van der Waals surface area (Å²) in [6.45, 7) is 4.55. The number of methoxy groups -OCH3 is 1. The van der Waals surface area contributed by atoms with Gasteiger partial charge in [0.15, 0.2) is 5.11 Å². The van der Waals surface area contributed by atoms with E-state index in [0.717, 1.165) is 17.7 Å². The average Bonchev–Trinajstić information content (AvgIpc) is 2.62. The van der Waals surface area contributed by atoms with Crippen LogP contribution in [0.5, 0.6) is 5.75 Å². The molecule has 138 valence electrons. The van der Waals surface area contributed by atoms with E-state index < -0.39 is 0 Å². The summed E-state index contributed by atoms with van der Waals surface area (Å²) in [7, 11) is 1.64. The molecular weight excluding hydrogens is 334 g/mol. The summed E-state index contributed by atoms with van der Waals surface area (Å²) in [5.74, 6) is 1.99. The molecule has 0 radical (unpaired) electrons. The van der Waals surface area contributed by atoms with Crippen molar-refractivity contribution < 1.29 is 9.53 Å². The van der Waals surface area contributed by atoms with Gasteiger partial charge in [-0.15, -0.1) is 0 Å². The maximum absolute atomic E-state index is 12.0. The number of carbonyl (C=O) groups is 1. The first-order chi connectivity index (χ1) is 12.0. The van der Waals surface area contributed by atoms with Crippen LogP contribution < -0.4 is 20.9 Å². The maximum atomic E-state index is 12.0. The minimum absolute atomic E-state index is 0.0971. The number of rotatable bonds is 5. The van der Waals surface area contributed by atoms with Crippen LogP contribution in [-0.2, 0) is 11.2 Å². The molecule has 3 N–H and O–H groups in total. The highest BCUT2D eigenvalue weighted by atomic mass is 32.1. The molecule has 0 aliphatic heterocycles. The van der Waals surface area contributed by atoms with Gasteiger partial charge in [0.05, 0.1) is 7.11 Å². The van der Waals surface area contributed by atoms with Crippen molar-refractivity contribution in [3.8, 4) is 5.75 Å². The Morgan fingerprint density at radius 1 is 1.24 bits per heavy atom. The summed E-state index contributed by atoms with van der Waals surface area (Å²) >= 11 is 5.31. The molecule has 0 heterocycles. The van der Waals surface area contributed by atoms with E-state index in [1.807, 2.05) is 24.3 Å². The third-order valence-corrected chi connectivity index (χ3v) is 5.37. The number of carbonyl (C=O) groups excluding carboxylic acids is 1. The number of nitrogens with one attached hydrogen (secondary N) is 3. The molecule has 6 heteroatoms. The van der Waals surface area contributed by atoms with Crippen LogP contribution in [0.4, 0.5) is 0 Å². The van der Waals surface area contributed by atoms with Gasteiger partial charge >= 0.3 is 0 Å². The highest BCUT2D eigenvalue weighted by Gasteiger charge is 2.27. The second-order valence-corrected chi connectivity index (χ2v) is 7.24. The Hall–Kier alpha value is -1.82. The van der Waals surface area contributed by atoms with Crippen molar-refractivity contribution in [2.75, 3.05) is 7.11 Å². The number of ether oxygens (including phenoxy) is 1. The molecule has 1 aromatic carbocycles. The van der Waals surface area contributed by atoms with Crippen molar-refractivity contribution in [2.24, 2.45) is 11.8 Å². The van der Waals surface area contributed by atoms with Crippen molar-refractivity contribution in [1.29, 1.82) is 0 Å². The van der Waals surface area contributed by atoms with Crippen LogP contribution in [0.25, 0.3) is 0 Å². The third kappa shape index (κ3) is 5.88. The van der Waals surface area contributed by atoms with Gasteiger partial charge in [-0.1, -0.05) is 44.9 Å². The molecule has 3 atom stereocenters. The van der Waals surface area contributed by atoms with Crippen LogP contribution in [0.1, 0.15) is 45.1 Å². The number of amides is 1. The van der Waals surface area contributed by atoms with Crippen molar-refractivity contribution in [3.05, 3.63) is 29.8 Å². The van der Waals surface area contributed by atoms with Crippen molar-refractivity contribution in [1.82, 2.24) is 16.2 Å². The molecule has 0 spiro atoms. The Balaban J connectivity index is 1.71. The highest BCUT2D eigenvalue weighted by molar-refractivity contribution is 7.80. The van der Waals surface area contributed by atoms with Gasteiger partial charge in [-0.25, -0.2) is 0 Å². The molecule has 1 aromatic rings. The summed E-state index contributed by atoms with van der Waals surface area (Å²) in [4.78, 5) is 12.0. The van der Waals surface area contributed by atoms with E-state index in [1.54, 1.807) is 7.11 Å². The lowest BCUT2D eigenvalue weighted by atomic mass is 9.78. The first kappa shape index (κ1) is 19.5. The minimum atomic E-state index is -0.0971. The van der Waals surface area contributed by atoms with Crippen molar-refractivity contribution in [2.45, 2.75) is 52.0 Å². The molecule has 2 rings (SSSR count). The number of benzene rings is 1. The zero-order valence-corrected chi connectivity index (χ0v) is 16.1. The normalized spacial score (nSPS) is 22.8. The number of thiocarbonyl (C=S) groups is 1. The SMILES string of the molecule is COc1ccccc1CCC(=O)NNC(=S)N[C@@H]1CCC[C@H](C)[C@H]1C. The largest absolute Gasteiger partial charge is 0.496 e. The Kier molecular flexibility index (Phi) is 7.50. The summed E-state index contributed by atoms with van der Waals surface area (Å²) in [5.41, 5.74) is 6.51. The Labute approximate surface area is 155 Å². The van der Waals surface area contributed by atoms with E-state index >= 15 is 0 Å². The Bertz CT molecular complexity index is 594. The fraction of sp³-hybridized carbons (Fsp3) is 0.579. The predicted molar refractivity (Wildman–Crippen MR) is 104 cm³/mol. The van der Waals surface area contributed by atoms with Gasteiger partial charge in [-0.05, 0) is 48.5 Å². The summed E-state index contributed by atoms with van der Waals surface area (Å²) in [5, 5.41) is 3.81. The van der Waals surface area contributed by atoms with E-state index in [2.05, 4.69) is 30.0 Å². The van der Waals surface area contributed by atoms with Crippen LogP contribution in [0.2, 0.25) is 0 Å². The molecular formula is C19H29N3O2S. The van der Waals surface area contributed by atoms with E-state index in [-0.39, 0.29) is 5.91 Å². The smallest absolute Gasteiger partial charge is 0.238 e. The van der Waals surface area contributed by atoms with Crippen LogP contribution in [0.3, 0.4) is 0 Å². The fourth-order valence-electron chi connectivity index (χ4n) is 3.34. The van der Waals surface area contributed by atoms with E-state index in [9.17, 15) is 4.79 Å². The number of para-hydroxylation sites is 1. The van der Waals surface area contributed by atoms with Crippen LogP contribution in [-0.4, -0.2) is 24.2 Å². The third-order valence-electron chi connectivity index (χ3n) is 5.15. The van der Waals surface area contributed by atoms with Gasteiger partial charge in [-0.2, -0.15) is 0 Å². The highest BCUT2D eigenvalue weighted by Crippen LogP contribution is 2.29. The minimum Gasteiger partial charge on any atom is -0.496 e. The van der Waals surface area contributed by atoms with E-state index in [1.165, 1.54) is 12.8 Å². The zero-order valence-electron chi connectivity index (χ0n) is 15.3. The van der Waals surface area contributed by atoms with Crippen molar-refractivity contribution >= 4 is 23.2 Å². The van der Waals surface area contributed by atoms with E-state index in [4.69, 9.17) is 17.0 Å². The lowest BCUT2D eigenvalue weighted by Gasteiger charge is -2.35. The Morgan fingerprint density at radius 3 is 2.76 bits per heavy atom. The number of aryl methyl sites for hydroxylation is 1. The van der Waals surface area contributed by atoms with Gasteiger partial charge in [-0.3, -0.25) is 15.6 Å². The summed E-state index contributed by atoms with van der Waals surface area (Å²) in [6.07, 6.45) is 4.60. The second kappa shape index (κ2) is 9.61. The lowest BCUT2D eigenvalue weighted by Crippen LogP contribution is -2.52.